The Hall–Kier alpha value is -1.83. The Bertz CT molecular complexity index is 719. The van der Waals surface area contributed by atoms with Crippen molar-refractivity contribution < 1.29 is 13.9 Å². The van der Waals surface area contributed by atoms with Gasteiger partial charge in [0.2, 0.25) is 5.91 Å². The van der Waals surface area contributed by atoms with Gasteiger partial charge in [-0.25, -0.2) is 9.37 Å². The second-order valence-electron chi connectivity index (χ2n) is 6.03. The lowest BCUT2D eigenvalue weighted by atomic mass is 10.1. The van der Waals surface area contributed by atoms with Gasteiger partial charge in [-0.05, 0) is 24.6 Å². The van der Waals surface area contributed by atoms with Gasteiger partial charge < -0.3 is 4.74 Å². The van der Waals surface area contributed by atoms with Crippen LogP contribution in [0.3, 0.4) is 0 Å². The van der Waals surface area contributed by atoms with Crippen LogP contribution >= 0.6 is 11.3 Å². The third-order valence-corrected chi connectivity index (χ3v) is 5.16. The van der Waals surface area contributed by atoms with Crippen molar-refractivity contribution in [2.75, 3.05) is 31.1 Å². The van der Waals surface area contributed by atoms with Gasteiger partial charge in [0, 0.05) is 38.5 Å². The molecule has 7 heteroatoms. The molecule has 25 heavy (non-hydrogen) atoms. The normalized spacial score (nSPS) is 18.3. The zero-order valence-electron chi connectivity index (χ0n) is 14.4. The molecular formula is C18H22FN3O2S. The van der Waals surface area contributed by atoms with Gasteiger partial charge in [0.1, 0.15) is 5.82 Å². The standard InChI is InChI=1S/C18H22FN3O2S/c1-3-22(13(2)23)18-20-16(12-25-18)10-21-8-9-24-17(11-21)14-4-6-15(19)7-5-14/h4-7,12,17H,3,8-11H2,1-2H3/t17-/m1/s1. The molecule has 2 aromatic rings. The van der Waals surface area contributed by atoms with Crippen LogP contribution in [0.25, 0.3) is 0 Å². The number of carbonyl (C=O) groups is 1. The van der Waals surface area contributed by atoms with Gasteiger partial charge >= 0.3 is 0 Å². The number of anilines is 1. The second kappa shape index (κ2) is 8.03. The average Bonchev–Trinajstić information content (AvgIpc) is 3.04. The van der Waals surface area contributed by atoms with Crippen LogP contribution in [0.15, 0.2) is 29.6 Å². The molecule has 1 aliphatic rings. The van der Waals surface area contributed by atoms with Gasteiger partial charge in [0.05, 0.1) is 18.4 Å². The Labute approximate surface area is 151 Å². The molecule has 0 radical (unpaired) electrons. The molecule has 5 nitrogen and oxygen atoms in total. The average molecular weight is 363 g/mol. The number of hydrogen-bond donors (Lipinski definition) is 0. The van der Waals surface area contributed by atoms with Crippen LogP contribution in [0.1, 0.15) is 31.2 Å². The smallest absolute Gasteiger partial charge is 0.225 e. The van der Waals surface area contributed by atoms with E-state index in [9.17, 15) is 9.18 Å². The van der Waals surface area contributed by atoms with Crippen LogP contribution in [0, 0.1) is 5.82 Å². The van der Waals surface area contributed by atoms with Crippen LogP contribution < -0.4 is 4.90 Å². The van der Waals surface area contributed by atoms with E-state index in [1.807, 2.05) is 12.3 Å². The molecule has 2 heterocycles. The zero-order valence-corrected chi connectivity index (χ0v) is 15.3. The number of carbonyl (C=O) groups excluding carboxylic acids is 1. The van der Waals surface area contributed by atoms with Crippen molar-refractivity contribution in [3.63, 3.8) is 0 Å². The van der Waals surface area contributed by atoms with E-state index < -0.39 is 0 Å². The van der Waals surface area contributed by atoms with Gasteiger partial charge in [-0.15, -0.1) is 11.3 Å². The molecule has 1 fully saturated rings. The minimum Gasteiger partial charge on any atom is -0.371 e. The van der Waals surface area contributed by atoms with Crippen molar-refractivity contribution in [1.82, 2.24) is 9.88 Å². The molecule has 134 valence electrons. The summed E-state index contributed by atoms with van der Waals surface area (Å²) in [5, 5.41) is 2.75. The fourth-order valence-electron chi connectivity index (χ4n) is 2.94. The maximum absolute atomic E-state index is 13.1. The molecule has 1 atom stereocenters. The highest BCUT2D eigenvalue weighted by atomic mass is 32.1. The molecule has 0 spiro atoms. The highest BCUT2D eigenvalue weighted by molar-refractivity contribution is 7.14. The fourth-order valence-corrected chi connectivity index (χ4v) is 3.86. The number of thiazole rings is 1. The number of rotatable bonds is 5. The summed E-state index contributed by atoms with van der Waals surface area (Å²) >= 11 is 1.49. The van der Waals surface area contributed by atoms with Crippen molar-refractivity contribution >= 4 is 22.4 Å². The van der Waals surface area contributed by atoms with Crippen molar-refractivity contribution in [3.8, 4) is 0 Å². The Morgan fingerprint density at radius 2 is 2.20 bits per heavy atom. The highest BCUT2D eigenvalue weighted by Gasteiger charge is 2.23. The molecule has 0 N–H and O–H groups in total. The molecule has 1 amide bonds. The lowest BCUT2D eigenvalue weighted by molar-refractivity contribution is -0.116. The Morgan fingerprint density at radius 1 is 1.44 bits per heavy atom. The third kappa shape index (κ3) is 4.42. The molecular weight excluding hydrogens is 341 g/mol. The van der Waals surface area contributed by atoms with E-state index in [0.717, 1.165) is 29.5 Å². The first-order valence-corrected chi connectivity index (χ1v) is 9.26. The molecule has 1 saturated heterocycles. The van der Waals surface area contributed by atoms with Crippen LogP contribution in [-0.2, 0) is 16.1 Å². The predicted molar refractivity (Wildman–Crippen MR) is 96.2 cm³/mol. The Balaban J connectivity index is 1.64. The summed E-state index contributed by atoms with van der Waals surface area (Å²) in [6.07, 6.45) is -0.0585. The van der Waals surface area contributed by atoms with E-state index >= 15 is 0 Å². The number of morpholine rings is 1. The summed E-state index contributed by atoms with van der Waals surface area (Å²) in [6, 6.07) is 6.48. The van der Waals surface area contributed by atoms with Crippen LogP contribution in [0.5, 0.6) is 0 Å². The molecule has 1 aromatic heterocycles. The summed E-state index contributed by atoms with van der Waals surface area (Å²) in [4.78, 5) is 20.2. The first kappa shape index (κ1) is 18.0. The molecule has 0 unspecified atom stereocenters. The third-order valence-electron chi connectivity index (χ3n) is 4.24. The first-order valence-electron chi connectivity index (χ1n) is 8.38. The summed E-state index contributed by atoms with van der Waals surface area (Å²) in [7, 11) is 0. The number of aromatic nitrogens is 1. The lowest BCUT2D eigenvalue weighted by Crippen LogP contribution is -2.37. The number of nitrogens with zero attached hydrogens (tertiary/aromatic N) is 3. The monoisotopic (exact) mass is 363 g/mol. The maximum atomic E-state index is 13.1. The van der Waals surface area contributed by atoms with Gasteiger partial charge in [-0.3, -0.25) is 14.6 Å². The van der Waals surface area contributed by atoms with E-state index in [-0.39, 0.29) is 17.8 Å². The molecule has 1 aromatic carbocycles. The molecule has 3 rings (SSSR count). The highest BCUT2D eigenvalue weighted by Crippen LogP contribution is 2.25. The number of hydrogen-bond acceptors (Lipinski definition) is 5. The number of ether oxygens (including phenoxy) is 1. The van der Waals surface area contributed by atoms with E-state index in [1.54, 1.807) is 24.0 Å². The first-order chi connectivity index (χ1) is 12.1. The summed E-state index contributed by atoms with van der Waals surface area (Å²) in [6.45, 7) is 7.03. The van der Waals surface area contributed by atoms with Crippen LogP contribution in [0.4, 0.5) is 9.52 Å². The fraction of sp³-hybridized carbons (Fsp3) is 0.444. The van der Waals surface area contributed by atoms with Gasteiger partial charge in [-0.1, -0.05) is 12.1 Å². The van der Waals surface area contributed by atoms with Crippen molar-refractivity contribution in [2.45, 2.75) is 26.5 Å². The SMILES string of the molecule is CCN(C(C)=O)c1nc(CN2CCO[C@@H](c3ccc(F)cc3)C2)cs1. The van der Waals surface area contributed by atoms with Gasteiger partial charge in [-0.2, -0.15) is 0 Å². The Morgan fingerprint density at radius 3 is 2.88 bits per heavy atom. The quantitative estimate of drug-likeness (QED) is 0.818. The van der Waals surface area contributed by atoms with Gasteiger partial charge in [0.25, 0.3) is 0 Å². The number of amides is 1. The largest absolute Gasteiger partial charge is 0.371 e. The van der Waals surface area contributed by atoms with E-state index in [1.165, 1.54) is 23.5 Å². The topological polar surface area (TPSA) is 45.7 Å². The summed E-state index contributed by atoms with van der Waals surface area (Å²) in [5.41, 5.74) is 1.94. The van der Waals surface area contributed by atoms with Crippen molar-refractivity contribution in [2.24, 2.45) is 0 Å². The van der Waals surface area contributed by atoms with E-state index in [0.29, 0.717) is 19.7 Å². The minimum absolute atomic E-state index is 0.00569. The van der Waals surface area contributed by atoms with Gasteiger partial charge in [0.15, 0.2) is 5.13 Å². The predicted octanol–water partition coefficient (Wildman–Crippen LogP) is 3.23. The lowest BCUT2D eigenvalue weighted by Gasteiger charge is -2.32. The van der Waals surface area contributed by atoms with Crippen molar-refractivity contribution in [3.05, 3.63) is 46.7 Å². The van der Waals surface area contributed by atoms with Crippen LogP contribution in [-0.4, -0.2) is 42.0 Å². The Kier molecular flexibility index (Phi) is 5.78. The zero-order chi connectivity index (χ0) is 17.8. The molecule has 0 aliphatic carbocycles. The summed E-state index contributed by atoms with van der Waals surface area (Å²) in [5.74, 6) is -0.233. The number of benzene rings is 1. The minimum atomic E-state index is -0.239. The van der Waals surface area contributed by atoms with Crippen molar-refractivity contribution in [1.29, 1.82) is 0 Å². The van der Waals surface area contributed by atoms with E-state index in [4.69, 9.17) is 4.74 Å². The van der Waals surface area contributed by atoms with Crippen LogP contribution in [0.2, 0.25) is 0 Å². The number of halogens is 1. The molecule has 0 bridgehead atoms. The van der Waals surface area contributed by atoms with E-state index in [2.05, 4.69) is 9.88 Å². The summed E-state index contributed by atoms with van der Waals surface area (Å²) < 4.78 is 18.9. The maximum Gasteiger partial charge on any atom is 0.225 e. The molecule has 1 aliphatic heterocycles. The second-order valence-corrected chi connectivity index (χ2v) is 6.87. The molecule has 0 saturated carbocycles.